The number of benzene rings is 3. The van der Waals surface area contributed by atoms with Gasteiger partial charge in [-0.05, 0) is 62.9 Å². The number of nitrogens with one attached hydrogen (secondary N) is 1. The number of anilines is 1. The van der Waals surface area contributed by atoms with Gasteiger partial charge in [0, 0.05) is 42.1 Å². The van der Waals surface area contributed by atoms with E-state index in [1.807, 2.05) is 0 Å². The van der Waals surface area contributed by atoms with E-state index >= 15 is 8.78 Å². The maximum atomic E-state index is 15.5. The smallest absolute Gasteiger partial charge is 0.416 e. The quantitative estimate of drug-likeness (QED) is 0.0848. The van der Waals surface area contributed by atoms with Crippen LogP contribution in [0.3, 0.4) is 0 Å². The fourth-order valence-electron chi connectivity index (χ4n) is 6.42. The number of aliphatic hydroxyl groups excluding tert-OH is 2. The van der Waals surface area contributed by atoms with E-state index in [2.05, 4.69) is 17.2 Å². The number of fused-ring (bicyclic) bond motifs is 1. The lowest BCUT2D eigenvalue weighted by atomic mass is 9.90. The van der Waals surface area contributed by atoms with Crippen LogP contribution in [-0.2, 0) is 27.0 Å². The van der Waals surface area contributed by atoms with Crippen LogP contribution in [0, 0.1) is 23.5 Å². The van der Waals surface area contributed by atoms with Crippen molar-refractivity contribution in [2.75, 3.05) is 45.9 Å². The maximum absolute atomic E-state index is 15.5. The zero-order valence-corrected chi connectivity index (χ0v) is 29.2. The number of ether oxygens (including phenoxy) is 3. The lowest BCUT2D eigenvalue weighted by Gasteiger charge is -2.46. The van der Waals surface area contributed by atoms with Crippen LogP contribution < -0.4 is 14.8 Å². The lowest BCUT2D eigenvalue weighted by molar-refractivity contribution is -0.160. The van der Waals surface area contributed by atoms with Gasteiger partial charge in [0.2, 0.25) is 0 Å². The number of alkyl halides is 3. The Balaban J connectivity index is 1.47. The van der Waals surface area contributed by atoms with Crippen LogP contribution in [0.4, 0.5) is 27.6 Å². The molecule has 2 aliphatic heterocycles. The predicted molar refractivity (Wildman–Crippen MR) is 184 cm³/mol. The second kappa shape index (κ2) is 16.2. The van der Waals surface area contributed by atoms with Gasteiger partial charge < -0.3 is 29.7 Å². The molecule has 0 saturated carbocycles. The molecule has 3 aromatic carbocycles. The third kappa shape index (κ3) is 7.95. The summed E-state index contributed by atoms with van der Waals surface area (Å²) in [4.78, 5) is 28.0. The van der Waals surface area contributed by atoms with Gasteiger partial charge >= 0.3 is 6.18 Å². The molecule has 282 valence electrons. The third-order valence-electron chi connectivity index (χ3n) is 9.18. The average molecular weight is 744 g/mol. The zero-order chi connectivity index (χ0) is 38.5. The number of aliphatic hydroxyl groups is 2. The summed E-state index contributed by atoms with van der Waals surface area (Å²) < 4.78 is 88.3. The van der Waals surface area contributed by atoms with Crippen LogP contribution in [0.25, 0.3) is 11.1 Å². The SMILES string of the molecule is COc1cccc(-c2cc(C(F)(F)F)ccc2NC(=O)C2=C(O)C3(C)CCCN3N(Cc3ccc(C#CCOCCCCO)c(F)c3F)C2=O)c1OC. The van der Waals surface area contributed by atoms with Crippen LogP contribution in [0.1, 0.15) is 49.3 Å². The van der Waals surface area contributed by atoms with Gasteiger partial charge in [0.05, 0.1) is 37.4 Å². The van der Waals surface area contributed by atoms with E-state index < -0.39 is 58.6 Å². The Hall–Kier alpha value is -5.17. The molecule has 0 aliphatic carbocycles. The minimum absolute atomic E-state index is 0.0303. The van der Waals surface area contributed by atoms with Crippen molar-refractivity contribution in [3.05, 3.63) is 88.2 Å². The Morgan fingerprint density at radius 2 is 1.81 bits per heavy atom. The molecule has 1 saturated heterocycles. The van der Waals surface area contributed by atoms with E-state index in [4.69, 9.17) is 19.3 Å². The van der Waals surface area contributed by atoms with Crippen molar-refractivity contribution in [3.63, 3.8) is 0 Å². The summed E-state index contributed by atoms with van der Waals surface area (Å²) in [5.41, 5.74) is -3.63. The van der Waals surface area contributed by atoms with Crippen LogP contribution in [0.5, 0.6) is 11.5 Å². The first-order valence-electron chi connectivity index (χ1n) is 16.7. The molecule has 53 heavy (non-hydrogen) atoms. The molecule has 3 aromatic rings. The van der Waals surface area contributed by atoms with Crippen molar-refractivity contribution in [2.24, 2.45) is 0 Å². The van der Waals surface area contributed by atoms with E-state index in [0.717, 1.165) is 23.2 Å². The molecular weight excluding hydrogens is 705 g/mol. The standard InChI is InChI=1S/C38H38F5N3O7/c1-37-16-8-17-46(37)45(22-24-13-12-23(31(39)32(24)40)9-7-20-53-19-5-4-18-47)36(50)30(34(37)48)35(49)44-28-15-14-25(38(41,42)43)21-27(28)26-10-6-11-29(51-2)33(26)52-3/h6,10-15,21,47-48H,4-5,8,16-20,22H2,1-3H3,(H,44,49). The van der Waals surface area contributed by atoms with Crippen molar-refractivity contribution < 1.29 is 56.0 Å². The Morgan fingerprint density at radius 1 is 1.04 bits per heavy atom. The normalized spacial score (nSPS) is 17.4. The highest BCUT2D eigenvalue weighted by Crippen LogP contribution is 2.45. The van der Waals surface area contributed by atoms with Gasteiger partial charge in [0.1, 0.15) is 17.9 Å². The summed E-state index contributed by atoms with van der Waals surface area (Å²) in [5.74, 6) is 0.158. The van der Waals surface area contributed by atoms with Crippen molar-refractivity contribution in [1.29, 1.82) is 0 Å². The monoisotopic (exact) mass is 743 g/mol. The first-order valence-corrected chi connectivity index (χ1v) is 16.7. The predicted octanol–water partition coefficient (Wildman–Crippen LogP) is 6.37. The Kier molecular flexibility index (Phi) is 12.0. The molecule has 1 atom stereocenters. The molecule has 1 fully saturated rings. The second-order valence-corrected chi connectivity index (χ2v) is 12.5. The number of unbranched alkanes of at least 4 members (excludes halogenated alkanes) is 1. The number of para-hydroxylation sites is 1. The first kappa shape index (κ1) is 39.0. The highest BCUT2D eigenvalue weighted by atomic mass is 19.4. The van der Waals surface area contributed by atoms with Gasteiger partial charge in [-0.2, -0.15) is 13.2 Å². The van der Waals surface area contributed by atoms with E-state index in [0.29, 0.717) is 32.3 Å². The summed E-state index contributed by atoms with van der Waals surface area (Å²) >= 11 is 0. The first-order chi connectivity index (χ1) is 25.3. The molecule has 10 nitrogen and oxygen atoms in total. The minimum atomic E-state index is -4.75. The fourth-order valence-corrected chi connectivity index (χ4v) is 6.42. The van der Waals surface area contributed by atoms with Crippen molar-refractivity contribution in [3.8, 4) is 34.5 Å². The number of methoxy groups -OCH3 is 2. The molecule has 15 heteroatoms. The number of amides is 2. The number of halogens is 5. The topological polar surface area (TPSA) is 121 Å². The molecule has 0 radical (unpaired) electrons. The summed E-state index contributed by atoms with van der Waals surface area (Å²) in [6.45, 7) is 1.65. The number of nitrogens with zero attached hydrogens (tertiary/aromatic N) is 2. The van der Waals surface area contributed by atoms with Crippen molar-refractivity contribution in [2.45, 2.75) is 50.9 Å². The Morgan fingerprint density at radius 3 is 2.51 bits per heavy atom. The second-order valence-electron chi connectivity index (χ2n) is 12.5. The third-order valence-corrected chi connectivity index (χ3v) is 9.18. The Bertz CT molecular complexity index is 1970. The number of hydrogen-bond donors (Lipinski definition) is 3. The average Bonchev–Trinajstić information content (AvgIpc) is 3.54. The molecule has 2 amide bonds. The molecule has 2 aliphatic rings. The molecule has 5 rings (SSSR count). The van der Waals surface area contributed by atoms with E-state index in [1.165, 1.54) is 49.6 Å². The van der Waals surface area contributed by atoms with Gasteiger partial charge in [-0.3, -0.25) is 14.6 Å². The van der Waals surface area contributed by atoms with Crippen LogP contribution in [0.15, 0.2) is 59.9 Å². The molecule has 3 N–H and O–H groups in total. The van der Waals surface area contributed by atoms with Crippen LogP contribution >= 0.6 is 0 Å². The van der Waals surface area contributed by atoms with Gasteiger partial charge in [-0.25, -0.2) is 13.8 Å². The highest BCUT2D eigenvalue weighted by Gasteiger charge is 2.53. The van der Waals surface area contributed by atoms with Crippen molar-refractivity contribution >= 4 is 17.5 Å². The van der Waals surface area contributed by atoms with Crippen molar-refractivity contribution in [1.82, 2.24) is 10.0 Å². The van der Waals surface area contributed by atoms with E-state index in [1.54, 1.807) is 6.92 Å². The summed E-state index contributed by atoms with van der Waals surface area (Å²) in [5, 5.41) is 25.3. The van der Waals surface area contributed by atoms with Crippen LogP contribution in [-0.4, -0.2) is 78.2 Å². The van der Waals surface area contributed by atoms with Gasteiger partial charge in [-0.15, -0.1) is 0 Å². The van der Waals surface area contributed by atoms with E-state index in [-0.39, 0.29) is 59.2 Å². The number of rotatable bonds is 12. The minimum Gasteiger partial charge on any atom is -0.509 e. The maximum Gasteiger partial charge on any atom is 0.416 e. The fraction of sp³-hybridized carbons (Fsp3) is 0.368. The Labute approximate surface area is 302 Å². The molecule has 0 spiro atoms. The molecule has 2 heterocycles. The van der Waals surface area contributed by atoms with E-state index in [9.17, 15) is 27.9 Å². The summed E-state index contributed by atoms with van der Waals surface area (Å²) in [6, 6.07) is 9.63. The number of hydrazine groups is 1. The molecule has 0 bridgehead atoms. The zero-order valence-electron chi connectivity index (χ0n) is 29.2. The van der Waals surface area contributed by atoms with Crippen LogP contribution in [0.2, 0.25) is 0 Å². The lowest BCUT2D eigenvalue weighted by Crippen LogP contribution is -2.60. The largest absolute Gasteiger partial charge is 0.509 e. The number of carbonyl (C=O) groups excluding carboxylic acids is 2. The van der Waals surface area contributed by atoms with Gasteiger partial charge in [-0.1, -0.05) is 30.0 Å². The van der Waals surface area contributed by atoms with Gasteiger partial charge in [0.15, 0.2) is 23.1 Å². The molecule has 1 unspecified atom stereocenters. The summed E-state index contributed by atoms with van der Waals surface area (Å²) in [6.07, 6.45) is -2.80. The summed E-state index contributed by atoms with van der Waals surface area (Å²) in [7, 11) is 2.65. The molecule has 0 aromatic heterocycles. The van der Waals surface area contributed by atoms with Gasteiger partial charge in [0.25, 0.3) is 11.8 Å². The molecular formula is C38H38F5N3O7. The number of hydrogen-bond acceptors (Lipinski definition) is 8. The highest BCUT2D eigenvalue weighted by molar-refractivity contribution is 6.24. The number of carbonyl (C=O) groups is 2.